The number of rotatable bonds is 7. The van der Waals surface area contributed by atoms with E-state index in [1.54, 1.807) is 53.1 Å². The quantitative estimate of drug-likeness (QED) is 0.220. The number of esters is 1. The lowest BCUT2D eigenvalue weighted by Crippen LogP contribution is -2.26. The predicted molar refractivity (Wildman–Crippen MR) is 151 cm³/mol. The number of nitrogens with zero attached hydrogens (tertiary/aromatic N) is 3. The molecule has 0 spiro atoms. The number of hydrogen-bond acceptors (Lipinski definition) is 6. The number of ether oxygens (including phenoxy) is 2. The zero-order chi connectivity index (χ0) is 28.3. The number of methoxy groups -OCH3 is 1. The van der Waals surface area contributed by atoms with Crippen LogP contribution in [0.5, 0.6) is 5.75 Å². The van der Waals surface area contributed by atoms with Crippen LogP contribution in [0.25, 0.3) is 33.3 Å². The van der Waals surface area contributed by atoms with E-state index < -0.39 is 11.6 Å². The molecular formula is C31H30N4O4. The molecule has 2 heterocycles. The van der Waals surface area contributed by atoms with Crippen LogP contribution in [0.2, 0.25) is 0 Å². The van der Waals surface area contributed by atoms with E-state index in [1.165, 1.54) is 6.08 Å². The number of nitrogens with one attached hydrogen (secondary N) is 1. The first-order valence-corrected chi connectivity index (χ1v) is 12.4. The van der Waals surface area contributed by atoms with Gasteiger partial charge in [0.1, 0.15) is 11.4 Å². The number of hydrogen-bond donors (Lipinski definition) is 1. The maximum absolute atomic E-state index is 12.6. The summed E-state index contributed by atoms with van der Waals surface area (Å²) < 4.78 is 13.1. The molecule has 1 N–H and O–H groups in total. The summed E-state index contributed by atoms with van der Waals surface area (Å²) in [4.78, 5) is 29.3. The molecule has 0 fully saturated rings. The summed E-state index contributed by atoms with van der Waals surface area (Å²) in [7, 11) is 1.56. The topological polar surface area (TPSA) is 106 Å². The van der Waals surface area contributed by atoms with E-state index in [1.807, 2.05) is 47.2 Å². The predicted octanol–water partition coefficient (Wildman–Crippen LogP) is 6.48. The zero-order valence-electron chi connectivity index (χ0n) is 22.6. The monoisotopic (exact) mass is 522 g/mol. The Kier molecular flexibility index (Phi) is 7.54. The maximum atomic E-state index is 12.6. The molecule has 0 saturated heterocycles. The molecule has 8 heteroatoms. The van der Waals surface area contributed by atoms with Crippen LogP contribution in [0.3, 0.4) is 0 Å². The second-order valence-electron chi connectivity index (χ2n) is 10.1. The molecule has 8 nitrogen and oxygen atoms in total. The van der Waals surface area contributed by atoms with Gasteiger partial charge in [-0.05, 0) is 75.2 Å². The molecule has 198 valence electrons. The van der Waals surface area contributed by atoms with Gasteiger partial charge in [-0.1, -0.05) is 18.7 Å². The minimum Gasteiger partial charge on any atom is -0.497 e. The molecule has 1 atom stereocenters. The Morgan fingerprint density at radius 3 is 2.56 bits per heavy atom. The fraction of sp³-hybridized carbons (Fsp3) is 0.226. The summed E-state index contributed by atoms with van der Waals surface area (Å²) in [6.07, 6.45) is 4.19. The summed E-state index contributed by atoms with van der Waals surface area (Å²) in [6.45, 7) is 10.7. The second kappa shape index (κ2) is 10.8. The first kappa shape index (κ1) is 27.1. The summed E-state index contributed by atoms with van der Waals surface area (Å²) in [6, 6.07) is 16.9. The maximum Gasteiger partial charge on any atom is 0.313 e. The molecule has 4 rings (SSSR count). The third-order valence-electron chi connectivity index (χ3n) is 6.18. The van der Waals surface area contributed by atoms with Crippen LogP contribution >= 0.6 is 0 Å². The fourth-order valence-electron chi connectivity index (χ4n) is 4.09. The smallest absolute Gasteiger partial charge is 0.313 e. The molecule has 39 heavy (non-hydrogen) atoms. The van der Waals surface area contributed by atoms with E-state index in [0.717, 1.165) is 27.6 Å². The van der Waals surface area contributed by atoms with Crippen LogP contribution in [0, 0.1) is 16.7 Å². The molecule has 0 aliphatic heterocycles. The average Bonchev–Trinajstić information content (AvgIpc) is 3.31. The highest BCUT2D eigenvalue weighted by Crippen LogP contribution is 2.36. The van der Waals surface area contributed by atoms with Crippen LogP contribution in [-0.4, -0.2) is 28.5 Å². The number of carbonyl (C=O) groups is 2. The summed E-state index contributed by atoms with van der Waals surface area (Å²) in [5, 5.41) is 13.0. The number of benzene rings is 2. The highest BCUT2D eigenvalue weighted by Gasteiger charge is 2.27. The Hall–Kier alpha value is -4.90. The van der Waals surface area contributed by atoms with E-state index in [-0.39, 0.29) is 11.9 Å². The molecule has 2 aromatic heterocycles. The van der Waals surface area contributed by atoms with E-state index in [9.17, 15) is 14.9 Å². The van der Waals surface area contributed by atoms with Gasteiger partial charge in [-0.3, -0.25) is 14.2 Å². The van der Waals surface area contributed by atoms with Crippen molar-refractivity contribution in [1.82, 2.24) is 9.55 Å². The molecular weight excluding hydrogens is 492 g/mol. The summed E-state index contributed by atoms with van der Waals surface area (Å²) in [5.41, 5.74) is 4.26. The molecule has 2 aromatic carbocycles. The third kappa shape index (κ3) is 5.83. The summed E-state index contributed by atoms with van der Waals surface area (Å²) in [5.74, 6) is -0.0977. The normalized spacial score (nSPS) is 11.9. The van der Waals surface area contributed by atoms with Crippen LogP contribution in [-0.2, 0) is 14.3 Å². The molecule has 0 bridgehead atoms. The number of carbonyl (C=O) groups excluding carboxylic acids is 2. The highest BCUT2D eigenvalue weighted by molar-refractivity contribution is 6.00. The SMILES string of the molecule is C=CC(=O)Nc1cc(OC)cc(-c2cnc3c(c2)c(-c2cccc(C#N)c2)cn3C(C)OC(=O)C(C)(C)C)c1. The van der Waals surface area contributed by atoms with Crippen LogP contribution in [0.4, 0.5) is 5.69 Å². The van der Waals surface area contributed by atoms with Gasteiger partial charge in [0.15, 0.2) is 6.23 Å². The first-order chi connectivity index (χ1) is 18.5. The van der Waals surface area contributed by atoms with Crippen molar-refractivity contribution in [3.63, 3.8) is 0 Å². The van der Waals surface area contributed by atoms with Crippen molar-refractivity contribution in [2.45, 2.75) is 33.9 Å². The van der Waals surface area contributed by atoms with Crippen molar-refractivity contribution in [3.05, 3.63) is 79.1 Å². The number of anilines is 1. The molecule has 0 saturated carbocycles. The van der Waals surface area contributed by atoms with Crippen molar-refractivity contribution < 1.29 is 19.1 Å². The molecule has 1 unspecified atom stereocenters. The Balaban J connectivity index is 1.89. The molecule has 1 amide bonds. The largest absolute Gasteiger partial charge is 0.497 e. The van der Waals surface area contributed by atoms with Crippen molar-refractivity contribution >= 4 is 28.6 Å². The van der Waals surface area contributed by atoms with Gasteiger partial charge in [0, 0.05) is 40.7 Å². The Morgan fingerprint density at radius 2 is 1.90 bits per heavy atom. The number of aromatic nitrogens is 2. The van der Waals surface area contributed by atoms with Crippen molar-refractivity contribution in [2.75, 3.05) is 12.4 Å². The number of pyridine rings is 1. The van der Waals surface area contributed by atoms with E-state index in [4.69, 9.17) is 14.5 Å². The second-order valence-corrected chi connectivity index (χ2v) is 10.1. The van der Waals surface area contributed by atoms with Crippen LogP contribution < -0.4 is 10.1 Å². The molecule has 4 aromatic rings. The lowest BCUT2D eigenvalue weighted by molar-refractivity contribution is -0.162. The Morgan fingerprint density at radius 1 is 1.13 bits per heavy atom. The highest BCUT2D eigenvalue weighted by atomic mass is 16.6. The van der Waals surface area contributed by atoms with Gasteiger partial charge in [0.05, 0.1) is 24.2 Å². The third-order valence-corrected chi connectivity index (χ3v) is 6.18. The molecule has 0 aliphatic carbocycles. The van der Waals surface area contributed by atoms with Gasteiger partial charge in [-0.2, -0.15) is 5.26 Å². The van der Waals surface area contributed by atoms with Gasteiger partial charge in [-0.25, -0.2) is 4.98 Å². The van der Waals surface area contributed by atoms with Gasteiger partial charge >= 0.3 is 5.97 Å². The van der Waals surface area contributed by atoms with E-state index in [2.05, 4.69) is 18.0 Å². The number of nitriles is 1. The van der Waals surface area contributed by atoms with E-state index >= 15 is 0 Å². The summed E-state index contributed by atoms with van der Waals surface area (Å²) >= 11 is 0. The lowest BCUT2D eigenvalue weighted by atomic mass is 9.97. The molecule has 0 aliphatic rings. The first-order valence-electron chi connectivity index (χ1n) is 12.4. The average molecular weight is 523 g/mol. The Bertz CT molecular complexity index is 1620. The zero-order valence-corrected chi connectivity index (χ0v) is 22.6. The van der Waals surface area contributed by atoms with Gasteiger partial charge in [0.2, 0.25) is 5.91 Å². The standard InChI is InChI=1S/C31H30N4O4/c1-7-28(36)34-24-12-22(13-25(15-24)38-6)23-14-26-27(21-10-8-9-20(11-21)16-32)18-35(29(26)33-17-23)19(2)39-30(37)31(3,4)5/h7-15,17-19H,1H2,2-6H3,(H,34,36). The van der Waals surface area contributed by atoms with Crippen LogP contribution in [0.1, 0.15) is 39.5 Å². The van der Waals surface area contributed by atoms with Gasteiger partial charge in [-0.15, -0.1) is 0 Å². The van der Waals surface area contributed by atoms with Crippen molar-refractivity contribution in [2.24, 2.45) is 5.41 Å². The minimum absolute atomic E-state index is 0.327. The van der Waals surface area contributed by atoms with E-state index in [0.29, 0.717) is 22.6 Å². The Labute approximate surface area is 227 Å². The minimum atomic E-state index is -0.660. The van der Waals surface area contributed by atoms with Gasteiger partial charge in [0.25, 0.3) is 0 Å². The van der Waals surface area contributed by atoms with Gasteiger partial charge < -0.3 is 14.8 Å². The number of fused-ring (bicyclic) bond motifs is 1. The van der Waals surface area contributed by atoms with Crippen molar-refractivity contribution in [1.29, 1.82) is 5.26 Å². The fourth-order valence-corrected chi connectivity index (χ4v) is 4.09. The molecule has 0 radical (unpaired) electrons. The van der Waals surface area contributed by atoms with Crippen molar-refractivity contribution in [3.8, 4) is 34.1 Å². The lowest BCUT2D eigenvalue weighted by Gasteiger charge is -2.22. The number of amides is 1. The van der Waals surface area contributed by atoms with Crippen LogP contribution in [0.15, 0.2) is 73.6 Å².